The average Bonchev–Trinajstić information content (AvgIpc) is 3.21. The molecule has 2 aromatic rings. The third-order valence-corrected chi connectivity index (χ3v) is 4.92. The van der Waals surface area contributed by atoms with Crippen molar-refractivity contribution in [3.05, 3.63) is 12.7 Å². The lowest BCUT2D eigenvalue weighted by molar-refractivity contribution is -0.152. The van der Waals surface area contributed by atoms with Gasteiger partial charge in [-0.05, 0) is 5.92 Å². The average molecular weight is 380 g/mol. The normalized spacial score (nSPS) is 27.6. The quantitative estimate of drug-likeness (QED) is 0.453. The van der Waals surface area contributed by atoms with E-state index < -0.39 is 36.6 Å². The zero-order valence-corrected chi connectivity index (χ0v) is 15.1. The molecule has 2 aromatic heterocycles. The van der Waals surface area contributed by atoms with E-state index in [1.165, 1.54) is 17.2 Å². The molecule has 0 bridgehead atoms. The highest BCUT2D eigenvalue weighted by Gasteiger charge is 2.45. The molecule has 1 saturated heterocycles. The van der Waals surface area contributed by atoms with E-state index in [1.807, 2.05) is 13.8 Å². The van der Waals surface area contributed by atoms with E-state index in [0.29, 0.717) is 11.2 Å². The third kappa shape index (κ3) is 3.58. The first kappa shape index (κ1) is 19.4. The van der Waals surface area contributed by atoms with Crippen LogP contribution in [0.4, 0.5) is 5.82 Å². The number of imidazole rings is 1. The molecule has 0 saturated carbocycles. The van der Waals surface area contributed by atoms with Crippen LogP contribution in [0.15, 0.2) is 12.7 Å². The maximum Gasteiger partial charge on any atom is 0.323 e. The summed E-state index contributed by atoms with van der Waals surface area (Å²) in [4.78, 5) is 24.1. The molecule has 3 rings (SSSR count). The van der Waals surface area contributed by atoms with E-state index in [1.54, 1.807) is 0 Å². The first-order valence-electron chi connectivity index (χ1n) is 8.72. The molecule has 1 fully saturated rings. The molecule has 6 N–H and O–H groups in total. The fourth-order valence-corrected chi connectivity index (χ4v) is 2.90. The van der Waals surface area contributed by atoms with Crippen molar-refractivity contribution >= 4 is 23.0 Å². The van der Waals surface area contributed by atoms with Crippen molar-refractivity contribution in [2.75, 3.05) is 12.3 Å². The maximum absolute atomic E-state index is 12.0. The number of esters is 1. The SMILES string of the molecule is CC[C@H](C)[C@H](N)C(=O)OC[C@H]1O[C@@H](n2cnc3c(N)ncnc32)[C@H](O)[C@@H]1O. The van der Waals surface area contributed by atoms with Crippen molar-refractivity contribution < 1.29 is 24.5 Å². The number of nitrogen functional groups attached to an aromatic ring is 1. The summed E-state index contributed by atoms with van der Waals surface area (Å²) in [5.41, 5.74) is 12.3. The minimum atomic E-state index is -1.27. The topological polar surface area (TPSA) is 172 Å². The number of hydrogen-bond acceptors (Lipinski definition) is 10. The number of ether oxygens (including phenoxy) is 2. The predicted octanol–water partition coefficient (Wildman–Crippen LogP) is -1.06. The van der Waals surface area contributed by atoms with Gasteiger partial charge in [0.25, 0.3) is 0 Å². The molecular formula is C16H24N6O5. The van der Waals surface area contributed by atoms with Gasteiger partial charge in [-0.1, -0.05) is 20.3 Å². The van der Waals surface area contributed by atoms with Crippen LogP contribution in [-0.2, 0) is 14.3 Å². The Hall–Kier alpha value is -2.34. The van der Waals surface area contributed by atoms with Crippen molar-refractivity contribution in [2.45, 2.75) is 50.8 Å². The first-order valence-corrected chi connectivity index (χ1v) is 8.72. The summed E-state index contributed by atoms with van der Waals surface area (Å²) in [7, 11) is 0. The van der Waals surface area contributed by atoms with Crippen molar-refractivity contribution in [3.63, 3.8) is 0 Å². The standard InChI is InChI=1S/C16H24N6O5/c1-3-7(2)9(17)16(25)26-4-8-11(23)12(24)15(27-8)22-6-21-10-13(18)19-5-20-14(10)22/h5-9,11-12,15,23-24H,3-4,17H2,1-2H3,(H2,18,19,20)/t7-,8+,9-,11+,12+,15+/m0/s1. The molecule has 27 heavy (non-hydrogen) atoms. The summed E-state index contributed by atoms with van der Waals surface area (Å²) in [5, 5.41) is 20.6. The third-order valence-electron chi connectivity index (χ3n) is 4.92. The lowest BCUT2D eigenvalue weighted by atomic mass is 10.0. The van der Waals surface area contributed by atoms with Crippen LogP contribution in [0.25, 0.3) is 11.2 Å². The van der Waals surface area contributed by atoms with Gasteiger partial charge in [-0.15, -0.1) is 0 Å². The van der Waals surface area contributed by atoms with Gasteiger partial charge < -0.3 is 31.2 Å². The Morgan fingerprint density at radius 2 is 2.11 bits per heavy atom. The summed E-state index contributed by atoms with van der Waals surface area (Å²) < 4.78 is 12.3. The van der Waals surface area contributed by atoms with Gasteiger partial charge in [0.05, 0.1) is 6.33 Å². The minimum Gasteiger partial charge on any atom is -0.462 e. The number of carbonyl (C=O) groups excluding carboxylic acids is 1. The Kier molecular flexibility index (Phi) is 5.56. The van der Waals surface area contributed by atoms with Crippen LogP contribution in [0.5, 0.6) is 0 Å². The molecule has 11 nitrogen and oxygen atoms in total. The number of aromatic nitrogens is 4. The Balaban J connectivity index is 1.70. The molecule has 0 aromatic carbocycles. The molecule has 0 spiro atoms. The van der Waals surface area contributed by atoms with Gasteiger partial charge in [0.2, 0.25) is 0 Å². The summed E-state index contributed by atoms with van der Waals surface area (Å²) in [6, 6.07) is -0.758. The molecular weight excluding hydrogens is 356 g/mol. The van der Waals surface area contributed by atoms with Gasteiger partial charge in [0.15, 0.2) is 17.7 Å². The van der Waals surface area contributed by atoms with E-state index in [9.17, 15) is 15.0 Å². The first-order chi connectivity index (χ1) is 12.8. The van der Waals surface area contributed by atoms with Crippen LogP contribution in [0.3, 0.4) is 0 Å². The van der Waals surface area contributed by atoms with Crippen LogP contribution >= 0.6 is 0 Å². The molecule has 6 atom stereocenters. The Bertz CT molecular complexity index is 814. The molecule has 3 heterocycles. The summed E-state index contributed by atoms with van der Waals surface area (Å²) >= 11 is 0. The number of nitrogens with zero attached hydrogens (tertiary/aromatic N) is 4. The maximum atomic E-state index is 12.0. The van der Waals surface area contributed by atoms with Gasteiger partial charge in [0, 0.05) is 0 Å². The lowest BCUT2D eigenvalue weighted by Gasteiger charge is -2.19. The zero-order valence-electron chi connectivity index (χ0n) is 15.1. The highest BCUT2D eigenvalue weighted by molar-refractivity contribution is 5.81. The van der Waals surface area contributed by atoms with Crippen molar-refractivity contribution in [1.82, 2.24) is 19.5 Å². The minimum absolute atomic E-state index is 0.0345. The van der Waals surface area contributed by atoms with Gasteiger partial charge in [0.1, 0.15) is 42.8 Å². The van der Waals surface area contributed by atoms with Crippen LogP contribution in [0, 0.1) is 5.92 Å². The second kappa shape index (κ2) is 7.72. The monoisotopic (exact) mass is 380 g/mol. The van der Waals surface area contributed by atoms with Crippen molar-refractivity contribution in [1.29, 1.82) is 0 Å². The van der Waals surface area contributed by atoms with Crippen LogP contribution in [0.1, 0.15) is 26.5 Å². The van der Waals surface area contributed by atoms with Gasteiger partial charge in [-0.25, -0.2) is 15.0 Å². The Morgan fingerprint density at radius 3 is 2.81 bits per heavy atom. The zero-order chi connectivity index (χ0) is 19.7. The number of aliphatic hydroxyl groups excluding tert-OH is 2. The summed E-state index contributed by atoms with van der Waals surface area (Å²) in [5.74, 6) is -0.421. The van der Waals surface area contributed by atoms with Gasteiger partial charge in [-0.3, -0.25) is 9.36 Å². The van der Waals surface area contributed by atoms with Gasteiger partial charge in [-0.2, -0.15) is 0 Å². The lowest BCUT2D eigenvalue weighted by Crippen LogP contribution is -2.40. The molecule has 11 heteroatoms. The molecule has 1 aliphatic rings. The highest BCUT2D eigenvalue weighted by Crippen LogP contribution is 2.32. The number of nitrogens with two attached hydrogens (primary N) is 2. The number of fused-ring (bicyclic) bond motifs is 1. The fourth-order valence-electron chi connectivity index (χ4n) is 2.90. The number of hydrogen-bond donors (Lipinski definition) is 4. The van der Waals surface area contributed by atoms with Gasteiger partial charge >= 0.3 is 5.97 Å². The Morgan fingerprint density at radius 1 is 1.37 bits per heavy atom. The number of aliphatic hydroxyl groups is 2. The van der Waals surface area contributed by atoms with E-state index in [-0.39, 0.29) is 18.3 Å². The number of anilines is 1. The molecule has 0 aliphatic carbocycles. The summed E-state index contributed by atoms with van der Waals surface area (Å²) in [6.45, 7) is 3.54. The summed E-state index contributed by atoms with van der Waals surface area (Å²) in [6.07, 6.45) is -1.03. The second-order valence-corrected chi connectivity index (χ2v) is 6.67. The van der Waals surface area contributed by atoms with Crippen molar-refractivity contribution in [3.8, 4) is 0 Å². The molecule has 0 amide bonds. The van der Waals surface area contributed by atoms with E-state index >= 15 is 0 Å². The number of carbonyl (C=O) groups is 1. The molecule has 0 unspecified atom stereocenters. The molecule has 1 aliphatic heterocycles. The van der Waals surface area contributed by atoms with Crippen molar-refractivity contribution in [2.24, 2.45) is 11.7 Å². The van der Waals surface area contributed by atoms with Crippen LogP contribution in [0.2, 0.25) is 0 Å². The largest absolute Gasteiger partial charge is 0.462 e. The Labute approximate surface area is 155 Å². The smallest absolute Gasteiger partial charge is 0.323 e. The fraction of sp³-hybridized carbons (Fsp3) is 0.625. The highest BCUT2D eigenvalue weighted by atomic mass is 16.6. The van der Waals surface area contributed by atoms with E-state index in [4.69, 9.17) is 20.9 Å². The molecule has 0 radical (unpaired) electrons. The van der Waals surface area contributed by atoms with Crippen LogP contribution in [-0.4, -0.2) is 66.7 Å². The number of rotatable bonds is 6. The molecule has 148 valence electrons. The van der Waals surface area contributed by atoms with E-state index in [2.05, 4.69) is 15.0 Å². The van der Waals surface area contributed by atoms with Crippen LogP contribution < -0.4 is 11.5 Å². The predicted molar refractivity (Wildman–Crippen MR) is 94.0 cm³/mol. The van der Waals surface area contributed by atoms with E-state index in [0.717, 1.165) is 6.42 Å². The second-order valence-electron chi connectivity index (χ2n) is 6.67.